The smallest absolute Gasteiger partial charge is 0.0779 e. The largest absolute Gasteiger partial charge is 0.381 e. The Balaban J connectivity index is 1.94. The van der Waals surface area contributed by atoms with Crippen molar-refractivity contribution in [3.63, 3.8) is 0 Å². The van der Waals surface area contributed by atoms with Crippen LogP contribution >= 0.6 is 11.3 Å². The fourth-order valence-corrected chi connectivity index (χ4v) is 2.88. The lowest BCUT2D eigenvalue weighted by molar-refractivity contribution is 0.818. The average Bonchev–Trinajstić information content (AvgIpc) is 2.83. The van der Waals surface area contributed by atoms with Crippen molar-refractivity contribution in [1.29, 1.82) is 0 Å². The fourth-order valence-electron chi connectivity index (χ4n) is 2.11. The molecular formula is C13H14N2S. The third-order valence-electron chi connectivity index (χ3n) is 2.97. The van der Waals surface area contributed by atoms with Gasteiger partial charge in [-0.15, -0.1) is 11.3 Å². The summed E-state index contributed by atoms with van der Waals surface area (Å²) >= 11 is 1.81. The molecule has 3 rings (SSSR count). The summed E-state index contributed by atoms with van der Waals surface area (Å²) in [5.74, 6) is 0. The Morgan fingerprint density at radius 2 is 2.19 bits per heavy atom. The first kappa shape index (κ1) is 9.73. The van der Waals surface area contributed by atoms with E-state index >= 15 is 0 Å². The SMILES string of the molecule is Cc1cccc2c1NC(c1cccs1)CN2. The molecule has 0 aliphatic carbocycles. The number of nitrogens with one attached hydrogen (secondary N) is 2. The van der Waals surface area contributed by atoms with Crippen LogP contribution in [0.5, 0.6) is 0 Å². The minimum absolute atomic E-state index is 0.397. The fraction of sp³-hybridized carbons (Fsp3) is 0.231. The van der Waals surface area contributed by atoms with Crippen LogP contribution in [0.4, 0.5) is 11.4 Å². The van der Waals surface area contributed by atoms with E-state index in [2.05, 4.69) is 53.3 Å². The van der Waals surface area contributed by atoms with E-state index in [0.29, 0.717) is 6.04 Å². The predicted octanol–water partition coefficient (Wildman–Crippen LogP) is 3.64. The number of para-hydroxylation sites is 1. The highest BCUT2D eigenvalue weighted by Crippen LogP contribution is 2.34. The molecule has 0 fully saturated rings. The molecule has 0 spiro atoms. The second kappa shape index (κ2) is 3.83. The van der Waals surface area contributed by atoms with Crippen LogP contribution in [0.2, 0.25) is 0 Å². The van der Waals surface area contributed by atoms with Crippen molar-refractivity contribution in [3.05, 3.63) is 46.2 Å². The summed E-state index contributed by atoms with van der Waals surface area (Å²) in [6.45, 7) is 3.10. The van der Waals surface area contributed by atoms with Gasteiger partial charge in [-0.2, -0.15) is 0 Å². The van der Waals surface area contributed by atoms with Crippen LogP contribution in [0.3, 0.4) is 0 Å². The molecule has 0 amide bonds. The van der Waals surface area contributed by atoms with E-state index < -0.39 is 0 Å². The lowest BCUT2D eigenvalue weighted by Crippen LogP contribution is -2.25. The second-order valence-electron chi connectivity index (χ2n) is 4.09. The van der Waals surface area contributed by atoms with Gasteiger partial charge < -0.3 is 10.6 Å². The molecule has 2 heterocycles. The molecule has 1 aliphatic heterocycles. The minimum atomic E-state index is 0.397. The van der Waals surface area contributed by atoms with Crippen LogP contribution in [0.1, 0.15) is 16.5 Å². The van der Waals surface area contributed by atoms with Crippen molar-refractivity contribution < 1.29 is 0 Å². The van der Waals surface area contributed by atoms with E-state index in [1.807, 2.05) is 11.3 Å². The summed E-state index contributed by atoms with van der Waals surface area (Å²) in [7, 11) is 0. The van der Waals surface area contributed by atoms with Gasteiger partial charge in [0.05, 0.1) is 17.4 Å². The lowest BCUT2D eigenvalue weighted by Gasteiger charge is -2.29. The number of hydrogen-bond donors (Lipinski definition) is 2. The van der Waals surface area contributed by atoms with E-state index in [1.165, 1.54) is 21.8 Å². The molecule has 16 heavy (non-hydrogen) atoms. The summed E-state index contributed by atoms with van der Waals surface area (Å²) in [5, 5.41) is 9.23. The van der Waals surface area contributed by atoms with Gasteiger partial charge >= 0.3 is 0 Å². The summed E-state index contributed by atoms with van der Waals surface area (Å²) in [6.07, 6.45) is 0. The number of fused-ring (bicyclic) bond motifs is 1. The summed E-state index contributed by atoms with van der Waals surface area (Å²) in [6, 6.07) is 11.1. The van der Waals surface area contributed by atoms with Crippen LogP contribution < -0.4 is 10.6 Å². The second-order valence-corrected chi connectivity index (χ2v) is 5.07. The molecule has 82 valence electrons. The van der Waals surface area contributed by atoms with Crippen molar-refractivity contribution in [2.75, 3.05) is 17.2 Å². The molecule has 0 saturated carbocycles. The molecule has 2 nitrogen and oxygen atoms in total. The van der Waals surface area contributed by atoms with Gasteiger partial charge in [-0.05, 0) is 30.0 Å². The van der Waals surface area contributed by atoms with Gasteiger partial charge in [0.1, 0.15) is 0 Å². The van der Waals surface area contributed by atoms with Crippen molar-refractivity contribution in [1.82, 2.24) is 0 Å². The van der Waals surface area contributed by atoms with E-state index in [1.54, 1.807) is 0 Å². The standard InChI is InChI=1S/C13H14N2S/c1-9-4-2-5-10-13(9)15-11(8-14-10)12-6-3-7-16-12/h2-7,11,14-15H,8H2,1H3. The van der Waals surface area contributed by atoms with Crippen LogP contribution in [0.15, 0.2) is 35.7 Å². The van der Waals surface area contributed by atoms with Gasteiger partial charge in [-0.3, -0.25) is 0 Å². The quantitative estimate of drug-likeness (QED) is 0.781. The van der Waals surface area contributed by atoms with E-state index in [0.717, 1.165) is 6.54 Å². The number of benzene rings is 1. The zero-order valence-corrected chi connectivity index (χ0v) is 9.97. The number of hydrogen-bond acceptors (Lipinski definition) is 3. The van der Waals surface area contributed by atoms with Gasteiger partial charge in [0, 0.05) is 11.4 Å². The average molecular weight is 230 g/mol. The highest BCUT2D eigenvalue weighted by atomic mass is 32.1. The van der Waals surface area contributed by atoms with Gasteiger partial charge in [0.15, 0.2) is 0 Å². The van der Waals surface area contributed by atoms with Crippen LogP contribution in [0, 0.1) is 6.92 Å². The first-order chi connectivity index (χ1) is 7.84. The molecular weight excluding hydrogens is 216 g/mol. The molecule has 1 aromatic carbocycles. The first-order valence-electron chi connectivity index (χ1n) is 5.48. The number of thiophene rings is 1. The molecule has 0 radical (unpaired) electrons. The molecule has 3 heteroatoms. The molecule has 1 atom stereocenters. The first-order valence-corrected chi connectivity index (χ1v) is 6.36. The van der Waals surface area contributed by atoms with Crippen LogP contribution in [-0.2, 0) is 0 Å². The van der Waals surface area contributed by atoms with Crippen LogP contribution in [0.25, 0.3) is 0 Å². The maximum Gasteiger partial charge on any atom is 0.0779 e. The van der Waals surface area contributed by atoms with E-state index in [4.69, 9.17) is 0 Å². The summed E-state index contributed by atoms with van der Waals surface area (Å²) in [4.78, 5) is 1.39. The molecule has 1 unspecified atom stereocenters. The van der Waals surface area contributed by atoms with Crippen LogP contribution in [-0.4, -0.2) is 6.54 Å². The molecule has 1 aromatic heterocycles. The number of aryl methyl sites for hydroxylation is 1. The molecule has 0 saturated heterocycles. The van der Waals surface area contributed by atoms with Gasteiger partial charge in [0.2, 0.25) is 0 Å². The Bertz CT molecular complexity index is 491. The van der Waals surface area contributed by atoms with Crippen molar-refractivity contribution >= 4 is 22.7 Å². The Kier molecular flexibility index (Phi) is 2.33. The Morgan fingerprint density at radius 1 is 1.25 bits per heavy atom. The van der Waals surface area contributed by atoms with E-state index in [-0.39, 0.29) is 0 Å². The molecule has 2 N–H and O–H groups in total. The van der Waals surface area contributed by atoms with Crippen molar-refractivity contribution in [2.45, 2.75) is 13.0 Å². The maximum atomic E-state index is 3.62. The minimum Gasteiger partial charge on any atom is -0.381 e. The molecule has 0 bridgehead atoms. The maximum absolute atomic E-state index is 3.62. The lowest BCUT2D eigenvalue weighted by atomic mass is 10.1. The monoisotopic (exact) mass is 230 g/mol. The topological polar surface area (TPSA) is 24.1 Å². The highest BCUT2D eigenvalue weighted by molar-refractivity contribution is 7.10. The zero-order valence-electron chi connectivity index (χ0n) is 9.16. The highest BCUT2D eigenvalue weighted by Gasteiger charge is 2.20. The molecule has 1 aliphatic rings. The predicted molar refractivity (Wildman–Crippen MR) is 70.4 cm³/mol. The summed E-state index contributed by atoms with van der Waals surface area (Å²) in [5.41, 5.74) is 3.76. The van der Waals surface area contributed by atoms with Gasteiger partial charge in [0.25, 0.3) is 0 Å². The van der Waals surface area contributed by atoms with E-state index in [9.17, 15) is 0 Å². The Hall–Kier alpha value is -1.48. The number of anilines is 2. The number of rotatable bonds is 1. The molecule has 2 aromatic rings. The Morgan fingerprint density at radius 3 is 3.00 bits per heavy atom. The van der Waals surface area contributed by atoms with Crippen molar-refractivity contribution in [3.8, 4) is 0 Å². The zero-order chi connectivity index (χ0) is 11.0. The normalized spacial score (nSPS) is 18.4. The summed E-state index contributed by atoms with van der Waals surface area (Å²) < 4.78 is 0. The third-order valence-corrected chi connectivity index (χ3v) is 3.96. The van der Waals surface area contributed by atoms with Gasteiger partial charge in [-0.1, -0.05) is 18.2 Å². The third kappa shape index (κ3) is 1.57. The van der Waals surface area contributed by atoms with Crippen molar-refractivity contribution in [2.24, 2.45) is 0 Å². The Labute approximate surface area is 99.3 Å². The van der Waals surface area contributed by atoms with Gasteiger partial charge in [-0.25, -0.2) is 0 Å².